The SMILES string of the molecule is O=C1N(CC2CC2)C(c2ccc(Cl)cc2)NC12CCCC2. The molecule has 21 heavy (non-hydrogen) atoms. The lowest BCUT2D eigenvalue weighted by Gasteiger charge is -2.24. The molecule has 1 unspecified atom stereocenters. The fourth-order valence-electron chi connectivity index (χ4n) is 3.81. The van der Waals surface area contributed by atoms with E-state index in [2.05, 4.69) is 10.2 Å². The molecule has 1 heterocycles. The Morgan fingerprint density at radius 2 is 1.86 bits per heavy atom. The zero-order valence-electron chi connectivity index (χ0n) is 12.1. The van der Waals surface area contributed by atoms with Crippen LogP contribution in [0.4, 0.5) is 0 Å². The van der Waals surface area contributed by atoms with E-state index in [1.54, 1.807) is 0 Å². The molecule has 4 rings (SSSR count). The summed E-state index contributed by atoms with van der Waals surface area (Å²) in [5.41, 5.74) is 0.858. The summed E-state index contributed by atoms with van der Waals surface area (Å²) >= 11 is 6.00. The molecule has 4 heteroatoms. The van der Waals surface area contributed by atoms with Gasteiger partial charge in [-0.1, -0.05) is 36.6 Å². The van der Waals surface area contributed by atoms with Gasteiger partial charge in [-0.15, -0.1) is 0 Å². The molecular formula is C17H21ClN2O. The Hall–Kier alpha value is -1.06. The first kappa shape index (κ1) is 13.6. The molecule has 0 aromatic heterocycles. The Kier molecular flexibility index (Phi) is 3.23. The van der Waals surface area contributed by atoms with Gasteiger partial charge in [0.15, 0.2) is 0 Å². The first-order valence-electron chi connectivity index (χ1n) is 8.02. The molecule has 112 valence electrons. The first-order valence-corrected chi connectivity index (χ1v) is 8.40. The maximum absolute atomic E-state index is 13.0. The normalized spacial score (nSPS) is 27.8. The number of hydrogen-bond donors (Lipinski definition) is 1. The van der Waals surface area contributed by atoms with Gasteiger partial charge in [0.25, 0.3) is 0 Å². The highest BCUT2D eigenvalue weighted by Crippen LogP contribution is 2.43. The summed E-state index contributed by atoms with van der Waals surface area (Å²) in [4.78, 5) is 15.1. The highest BCUT2D eigenvalue weighted by Gasteiger charge is 2.53. The third-order valence-electron chi connectivity index (χ3n) is 5.19. The number of halogens is 1. The quantitative estimate of drug-likeness (QED) is 0.927. The van der Waals surface area contributed by atoms with Crippen molar-refractivity contribution in [1.82, 2.24) is 10.2 Å². The Morgan fingerprint density at radius 3 is 2.48 bits per heavy atom. The molecule has 1 N–H and O–H groups in total. The van der Waals surface area contributed by atoms with Crippen LogP contribution in [0, 0.1) is 5.92 Å². The molecule has 1 spiro atoms. The van der Waals surface area contributed by atoms with Gasteiger partial charge in [-0.25, -0.2) is 0 Å². The minimum atomic E-state index is -0.292. The van der Waals surface area contributed by atoms with Gasteiger partial charge in [0.05, 0.1) is 5.54 Å². The number of amides is 1. The number of rotatable bonds is 3. The molecule has 0 bridgehead atoms. The molecule has 1 aromatic rings. The van der Waals surface area contributed by atoms with Crippen molar-refractivity contribution < 1.29 is 4.79 Å². The van der Waals surface area contributed by atoms with Gasteiger partial charge in [0, 0.05) is 11.6 Å². The fourth-order valence-corrected chi connectivity index (χ4v) is 3.93. The van der Waals surface area contributed by atoms with Crippen LogP contribution in [0.3, 0.4) is 0 Å². The van der Waals surface area contributed by atoms with E-state index in [-0.39, 0.29) is 11.7 Å². The topological polar surface area (TPSA) is 32.3 Å². The smallest absolute Gasteiger partial charge is 0.244 e. The minimum absolute atomic E-state index is 0.0217. The van der Waals surface area contributed by atoms with Crippen molar-refractivity contribution in [2.75, 3.05) is 6.54 Å². The van der Waals surface area contributed by atoms with E-state index in [0.717, 1.165) is 42.8 Å². The lowest BCUT2D eigenvalue weighted by atomic mass is 9.98. The fraction of sp³-hybridized carbons (Fsp3) is 0.588. The standard InChI is InChI=1S/C17H21ClN2O/c18-14-7-5-13(6-8-14)15-19-17(9-1-2-10-17)16(21)20(15)11-12-3-4-12/h5-8,12,15,19H,1-4,9-11H2. The Balaban J connectivity index is 1.65. The van der Waals surface area contributed by atoms with Crippen LogP contribution in [0.15, 0.2) is 24.3 Å². The highest BCUT2D eigenvalue weighted by molar-refractivity contribution is 6.30. The van der Waals surface area contributed by atoms with Crippen molar-refractivity contribution in [1.29, 1.82) is 0 Å². The second-order valence-electron chi connectivity index (χ2n) is 6.79. The lowest BCUT2D eigenvalue weighted by molar-refractivity contribution is -0.133. The first-order chi connectivity index (χ1) is 10.2. The second kappa shape index (κ2) is 4.99. The molecule has 1 amide bonds. The summed E-state index contributed by atoms with van der Waals surface area (Å²) in [6.45, 7) is 0.904. The third-order valence-corrected chi connectivity index (χ3v) is 5.44. The predicted octanol–water partition coefficient (Wildman–Crippen LogP) is 3.49. The molecule has 2 aliphatic carbocycles. The summed E-state index contributed by atoms with van der Waals surface area (Å²) in [5, 5.41) is 4.41. The Morgan fingerprint density at radius 1 is 1.19 bits per heavy atom. The van der Waals surface area contributed by atoms with Gasteiger partial charge in [0.1, 0.15) is 6.17 Å². The van der Waals surface area contributed by atoms with E-state index in [9.17, 15) is 4.79 Å². The molecule has 1 atom stereocenters. The van der Waals surface area contributed by atoms with Gasteiger partial charge in [-0.2, -0.15) is 0 Å². The van der Waals surface area contributed by atoms with Crippen molar-refractivity contribution >= 4 is 17.5 Å². The molecule has 1 aliphatic heterocycles. The minimum Gasteiger partial charge on any atom is -0.321 e. The summed E-state index contributed by atoms with van der Waals surface area (Å²) in [6.07, 6.45) is 6.84. The summed E-state index contributed by atoms with van der Waals surface area (Å²) in [6, 6.07) is 7.91. The average Bonchev–Trinajstić information content (AvgIpc) is 3.12. The van der Waals surface area contributed by atoms with Crippen LogP contribution in [-0.4, -0.2) is 22.9 Å². The predicted molar refractivity (Wildman–Crippen MR) is 83.0 cm³/mol. The van der Waals surface area contributed by atoms with Gasteiger partial charge < -0.3 is 4.90 Å². The average molecular weight is 305 g/mol. The highest BCUT2D eigenvalue weighted by atomic mass is 35.5. The molecule has 3 aliphatic rings. The van der Waals surface area contributed by atoms with E-state index in [1.807, 2.05) is 24.3 Å². The van der Waals surface area contributed by atoms with Crippen molar-refractivity contribution in [3.8, 4) is 0 Å². The van der Waals surface area contributed by atoms with Crippen LogP contribution >= 0.6 is 11.6 Å². The molecule has 1 aromatic carbocycles. The maximum atomic E-state index is 13.0. The number of nitrogens with one attached hydrogen (secondary N) is 1. The van der Waals surface area contributed by atoms with Crippen LogP contribution in [0.25, 0.3) is 0 Å². The Bertz CT molecular complexity index is 546. The monoisotopic (exact) mass is 304 g/mol. The van der Waals surface area contributed by atoms with Crippen molar-refractivity contribution in [3.05, 3.63) is 34.9 Å². The maximum Gasteiger partial charge on any atom is 0.244 e. The van der Waals surface area contributed by atoms with Crippen molar-refractivity contribution in [2.45, 2.75) is 50.2 Å². The third kappa shape index (κ3) is 2.36. The van der Waals surface area contributed by atoms with E-state index in [0.29, 0.717) is 11.8 Å². The summed E-state index contributed by atoms with van der Waals surface area (Å²) in [5.74, 6) is 1.04. The van der Waals surface area contributed by atoms with Gasteiger partial charge in [-0.3, -0.25) is 10.1 Å². The van der Waals surface area contributed by atoms with E-state index >= 15 is 0 Å². The van der Waals surface area contributed by atoms with Crippen LogP contribution in [0.5, 0.6) is 0 Å². The molecular weight excluding hydrogens is 284 g/mol. The number of hydrogen-bond acceptors (Lipinski definition) is 2. The van der Waals surface area contributed by atoms with Gasteiger partial charge in [0.2, 0.25) is 5.91 Å². The largest absolute Gasteiger partial charge is 0.321 e. The van der Waals surface area contributed by atoms with Crippen LogP contribution in [-0.2, 0) is 4.79 Å². The van der Waals surface area contributed by atoms with Crippen LogP contribution in [0.2, 0.25) is 5.02 Å². The van der Waals surface area contributed by atoms with Gasteiger partial charge >= 0.3 is 0 Å². The number of carbonyl (C=O) groups excluding carboxylic acids is 1. The molecule has 2 saturated carbocycles. The number of carbonyl (C=O) groups is 1. The van der Waals surface area contributed by atoms with Crippen molar-refractivity contribution in [3.63, 3.8) is 0 Å². The van der Waals surface area contributed by atoms with E-state index < -0.39 is 0 Å². The molecule has 3 fully saturated rings. The lowest BCUT2D eigenvalue weighted by Crippen LogP contribution is -2.44. The zero-order chi connectivity index (χ0) is 14.4. The van der Waals surface area contributed by atoms with E-state index in [4.69, 9.17) is 11.6 Å². The second-order valence-corrected chi connectivity index (χ2v) is 7.22. The number of benzene rings is 1. The van der Waals surface area contributed by atoms with Crippen LogP contribution in [0.1, 0.15) is 50.3 Å². The molecule has 1 saturated heterocycles. The van der Waals surface area contributed by atoms with Crippen LogP contribution < -0.4 is 5.32 Å². The van der Waals surface area contributed by atoms with Crippen molar-refractivity contribution in [2.24, 2.45) is 5.92 Å². The zero-order valence-corrected chi connectivity index (χ0v) is 12.9. The molecule has 0 radical (unpaired) electrons. The Labute approximate surface area is 130 Å². The summed E-state index contributed by atoms with van der Waals surface area (Å²) in [7, 11) is 0. The number of nitrogens with zero attached hydrogens (tertiary/aromatic N) is 1. The molecule has 3 nitrogen and oxygen atoms in total. The summed E-state index contributed by atoms with van der Waals surface area (Å²) < 4.78 is 0. The van der Waals surface area contributed by atoms with E-state index in [1.165, 1.54) is 12.8 Å². The van der Waals surface area contributed by atoms with Gasteiger partial charge in [-0.05, 0) is 49.3 Å².